The van der Waals surface area contributed by atoms with Crippen molar-refractivity contribution >= 4 is 15.9 Å². The maximum absolute atomic E-state index is 5.30. The monoisotopic (exact) mass is 238 g/mol. The van der Waals surface area contributed by atoms with Gasteiger partial charge in [-0.25, -0.2) is 5.43 Å². The Morgan fingerprint density at radius 2 is 2.31 bits per heavy atom. The SMILES string of the molecule is C#CC(NN)c1ccc(Br)c(C)c1. The average Bonchev–Trinajstić information content (AvgIpc) is 2.13. The lowest BCUT2D eigenvalue weighted by molar-refractivity contribution is 0.673. The van der Waals surface area contributed by atoms with Crippen LogP contribution in [0.1, 0.15) is 17.2 Å². The van der Waals surface area contributed by atoms with Gasteiger partial charge in [0.15, 0.2) is 0 Å². The molecule has 0 radical (unpaired) electrons. The van der Waals surface area contributed by atoms with E-state index in [1.807, 2.05) is 25.1 Å². The van der Waals surface area contributed by atoms with Crippen molar-refractivity contribution in [3.05, 3.63) is 33.8 Å². The van der Waals surface area contributed by atoms with Gasteiger partial charge in [-0.3, -0.25) is 5.84 Å². The van der Waals surface area contributed by atoms with Gasteiger partial charge in [-0.05, 0) is 24.1 Å². The Hall–Kier alpha value is -0.820. The van der Waals surface area contributed by atoms with Crippen LogP contribution in [0.25, 0.3) is 0 Å². The Kier molecular flexibility index (Phi) is 3.49. The van der Waals surface area contributed by atoms with Crippen LogP contribution < -0.4 is 11.3 Å². The van der Waals surface area contributed by atoms with Crippen LogP contribution in [-0.4, -0.2) is 0 Å². The number of rotatable bonds is 2. The summed E-state index contributed by atoms with van der Waals surface area (Å²) in [7, 11) is 0. The molecule has 68 valence electrons. The molecule has 1 rings (SSSR count). The highest BCUT2D eigenvalue weighted by atomic mass is 79.9. The van der Waals surface area contributed by atoms with E-state index in [0.717, 1.165) is 15.6 Å². The van der Waals surface area contributed by atoms with Crippen LogP contribution in [0.15, 0.2) is 22.7 Å². The molecule has 0 saturated heterocycles. The molecule has 0 fully saturated rings. The minimum atomic E-state index is -0.216. The molecule has 1 aromatic carbocycles. The van der Waals surface area contributed by atoms with Gasteiger partial charge in [0.2, 0.25) is 0 Å². The van der Waals surface area contributed by atoms with Crippen LogP contribution in [0, 0.1) is 19.3 Å². The second-order valence-electron chi connectivity index (χ2n) is 2.77. The number of hydrogen-bond acceptors (Lipinski definition) is 2. The van der Waals surface area contributed by atoms with Gasteiger partial charge >= 0.3 is 0 Å². The third kappa shape index (κ3) is 2.31. The lowest BCUT2D eigenvalue weighted by Crippen LogP contribution is -2.26. The second-order valence-corrected chi connectivity index (χ2v) is 3.63. The summed E-state index contributed by atoms with van der Waals surface area (Å²) in [6.45, 7) is 2.01. The zero-order valence-electron chi connectivity index (χ0n) is 7.34. The van der Waals surface area contributed by atoms with Gasteiger partial charge in [0.25, 0.3) is 0 Å². The van der Waals surface area contributed by atoms with Crippen molar-refractivity contribution in [2.24, 2.45) is 5.84 Å². The lowest BCUT2D eigenvalue weighted by atomic mass is 10.1. The number of nitrogens with one attached hydrogen (secondary N) is 1. The normalized spacial score (nSPS) is 12.2. The predicted octanol–water partition coefficient (Wildman–Crippen LogP) is 1.90. The van der Waals surface area contributed by atoms with Crippen LogP contribution >= 0.6 is 15.9 Å². The number of halogens is 1. The van der Waals surface area contributed by atoms with E-state index in [4.69, 9.17) is 12.3 Å². The third-order valence-electron chi connectivity index (χ3n) is 1.85. The van der Waals surface area contributed by atoms with Crippen molar-refractivity contribution < 1.29 is 0 Å². The zero-order chi connectivity index (χ0) is 9.84. The molecule has 0 spiro atoms. The molecule has 0 aliphatic carbocycles. The van der Waals surface area contributed by atoms with E-state index in [1.165, 1.54) is 0 Å². The van der Waals surface area contributed by atoms with Gasteiger partial charge in [0, 0.05) is 4.47 Å². The summed E-state index contributed by atoms with van der Waals surface area (Å²) in [5.41, 5.74) is 4.71. The standard InChI is InChI=1S/C10H11BrN2/c1-3-10(13-12)8-4-5-9(11)7(2)6-8/h1,4-6,10,13H,12H2,2H3. The highest BCUT2D eigenvalue weighted by Gasteiger charge is 2.06. The average molecular weight is 239 g/mol. The fraction of sp³-hybridized carbons (Fsp3) is 0.200. The largest absolute Gasteiger partial charge is 0.270 e. The number of nitrogens with two attached hydrogens (primary N) is 1. The molecule has 0 bridgehead atoms. The first kappa shape index (κ1) is 10.3. The van der Waals surface area contributed by atoms with Gasteiger partial charge in [-0.2, -0.15) is 0 Å². The fourth-order valence-corrected chi connectivity index (χ4v) is 1.33. The summed E-state index contributed by atoms with van der Waals surface area (Å²) in [5, 5.41) is 0. The molecular formula is C10H11BrN2. The molecule has 1 atom stereocenters. The van der Waals surface area contributed by atoms with Gasteiger partial charge in [0.05, 0.1) is 0 Å². The molecule has 3 N–H and O–H groups in total. The Balaban J connectivity index is 3.04. The maximum atomic E-state index is 5.30. The van der Waals surface area contributed by atoms with Gasteiger partial charge in [0.1, 0.15) is 6.04 Å². The molecule has 0 amide bonds. The topological polar surface area (TPSA) is 38.0 Å². The summed E-state index contributed by atoms with van der Waals surface area (Å²) in [6, 6.07) is 5.70. The summed E-state index contributed by atoms with van der Waals surface area (Å²) >= 11 is 3.42. The fourth-order valence-electron chi connectivity index (χ4n) is 1.09. The molecule has 3 heteroatoms. The molecule has 2 nitrogen and oxygen atoms in total. The van der Waals surface area contributed by atoms with Crippen LogP contribution in [0.3, 0.4) is 0 Å². The van der Waals surface area contributed by atoms with Crippen LogP contribution in [0.4, 0.5) is 0 Å². The van der Waals surface area contributed by atoms with E-state index >= 15 is 0 Å². The van der Waals surface area contributed by atoms with E-state index in [9.17, 15) is 0 Å². The van der Waals surface area contributed by atoms with E-state index in [0.29, 0.717) is 0 Å². The first-order valence-electron chi connectivity index (χ1n) is 3.87. The molecule has 1 aromatic rings. The van der Waals surface area contributed by atoms with E-state index in [-0.39, 0.29) is 6.04 Å². The van der Waals surface area contributed by atoms with Crippen LogP contribution in [0.5, 0.6) is 0 Å². The van der Waals surface area contributed by atoms with E-state index in [2.05, 4.69) is 27.3 Å². The van der Waals surface area contributed by atoms with Crippen LogP contribution in [0.2, 0.25) is 0 Å². The van der Waals surface area contributed by atoms with Crippen molar-refractivity contribution in [2.45, 2.75) is 13.0 Å². The summed E-state index contributed by atoms with van der Waals surface area (Å²) in [4.78, 5) is 0. The zero-order valence-corrected chi connectivity index (χ0v) is 8.93. The molecule has 0 aromatic heterocycles. The number of benzene rings is 1. The smallest absolute Gasteiger partial charge is 0.106 e. The maximum Gasteiger partial charge on any atom is 0.106 e. The van der Waals surface area contributed by atoms with E-state index < -0.39 is 0 Å². The number of terminal acetylenes is 1. The summed E-state index contributed by atoms with van der Waals surface area (Å²) < 4.78 is 1.07. The van der Waals surface area contributed by atoms with Crippen molar-refractivity contribution in [3.8, 4) is 12.3 Å². The highest BCUT2D eigenvalue weighted by molar-refractivity contribution is 9.10. The number of aryl methyl sites for hydroxylation is 1. The van der Waals surface area contributed by atoms with Crippen molar-refractivity contribution in [1.29, 1.82) is 0 Å². The molecular weight excluding hydrogens is 228 g/mol. The lowest BCUT2D eigenvalue weighted by Gasteiger charge is -2.10. The second kappa shape index (κ2) is 4.43. The molecule has 0 aliphatic heterocycles. The minimum absolute atomic E-state index is 0.216. The van der Waals surface area contributed by atoms with Gasteiger partial charge < -0.3 is 0 Å². The Morgan fingerprint density at radius 1 is 1.62 bits per heavy atom. The number of hydrogen-bond donors (Lipinski definition) is 2. The van der Waals surface area contributed by atoms with Crippen molar-refractivity contribution in [2.75, 3.05) is 0 Å². The quantitative estimate of drug-likeness (QED) is 0.470. The molecule has 0 saturated carbocycles. The minimum Gasteiger partial charge on any atom is -0.270 e. The Bertz CT molecular complexity index is 341. The molecule has 13 heavy (non-hydrogen) atoms. The Labute approximate surface area is 86.6 Å². The molecule has 1 unspecified atom stereocenters. The highest BCUT2D eigenvalue weighted by Crippen LogP contribution is 2.20. The first-order valence-corrected chi connectivity index (χ1v) is 4.66. The summed E-state index contributed by atoms with van der Waals surface area (Å²) in [5.74, 6) is 7.86. The Morgan fingerprint density at radius 3 is 2.77 bits per heavy atom. The van der Waals surface area contributed by atoms with Gasteiger partial charge in [-0.15, -0.1) is 6.42 Å². The molecule has 0 heterocycles. The first-order chi connectivity index (χ1) is 6.19. The van der Waals surface area contributed by atoms with Crippen molar-refractivity contribution in [3.63, 3.8) is 0 Å². The third-order valence-corrected chi connectivity index (χ3v) is 2.74. The predicted molar refractivity (Wildman–Crippen MR) is 57.8 cm³/mol. The van der Waals surface area contributed by atoms with Gasteiger partial charge in [-0.1, -0.05) is 34.0 Å². The molecule has 0 aliphatic rings. The summed E-state index contributed by atoms with van der Waals surface area (Å²) in [6.07, 6.45) is 5.30. The van der Waals surface area contributed by atoms with Crippen molar-refractivity contribution in [1.82, 2.24) is 5.43 Å². The number of hydrazine groups is 1. The van der Waals surface area contributed by atoms with Crippen LogP contribution in [-0.2, 0) is 0 Å². The van der Waals surface area contributed by atoms with E-state index in [1.54, 1.807) is 0 Å².